The van der Waals surface area contributed by atoms with Crippen molar-refractivity contribution in [3.63, 3.8) is 0 Å². The summed E-state index contributed by atoms with van der Waals surface area (Å²) in [5, 5.41) is 8.10. The van der Waals surface area contributed by atoms with Gasteiger partial charge in [-0.25, -0.2) is 18.1 Å². The minimum atomic E-state index is -3.43. The van der Waals surface area contributed by atoms with Crippen LogP contribution in [0.25, 0.3) is 0 Å². The first-order chi connectivity index (χ1) is 13.0. The molecular formula is C18H27IN4O2S3. The summed E-state index contributed by atoms with van der Waals surface area (Å²) < 4.78 is 27.1. The largest absolute Gasteiger partial charge is 0.357 e. The van der Waals surface area contributed by atoms with Gasteiger partial charge in [-0.2, -0.15) is 0 Å². The van der Waals surface area contributed by atoms with E-state index in [1.807, 2.05) is 6.92 Å². The number of aliphatic imine (C=N–C) groups is 1. The maximum Gasteiger partial charge on any atom is 0.250 e. The third-order valence-corrected chi connectivity index (χ3v) is 7.34. The Morgan fingerprint density at radius 2 is 2.00 bits per heavy atom. The van der Waals surface area contributed by atoms with Crippen molar-refractivity contribution < 1.29 is 8.42 Å². The molecule has 0 fully saturated rings. The van der Waals surface area contributed by atoms with Gasteiger partial charge in [-0.05, 0) is 48.7 Å². The van der Waals surface area contributed by atoms with E-state index in [0.29, 0.717) is 23.3 Å². The Labute approximate surface area is 193 Å². The Morgan fingerprint density at radius 1 is 1.21 bits per heavy atom. The van der Waals surface area contributed by atoms with Crippen molar-refractivity contribution in [2.45, 2.75) is 29.5 Å². The van der Waals surface area contributed by atoms with Crippen molar-refractivity contribution in [3.8, 4) is 0 Å². The van der Waals surface area contributed by atoms with Gasteiger partial charge >= 0.3 is 0 Å². The summed E-state index contributed by atoms with van der Waals surface area (Å²) in [4.78, 5) is 5.83. The molecule has 0 bridgehead atoms. The Hall–Kier alpha value is -0.820. The van der Waals surface area contributed by atoms with Gasteiger partial charge in [0.2, 0.25) is 10.0 Å². The Kier molecular flexibility index (Phi) is 11.4. The number of sulfonamides is 1. The molecule has 0 aliphatic carbocycles. The average molecular weight is 555 g/mol. The van der Waals surface area contributed by atoms with Crippen molar-refractivity contribution in [3.05, 3.63) is 46.8 Å². The minimum Gasteiger partial charge on any atom is -0.357 e. The number of nitrogens with one attached hydrogen (secondary N) is 3. The number of benzene rings is 1. The normalized spacial score (nSPS) is 11.8. The van der Waals surface area contributed by atoms with E-state index >= 15 is 0 Å². The lowest BCUT2D eigenvalue weighted by atomic mass is 10.1. The summed E-state index contributed by atoms with van der Waals surface area (Å²) in [7, 11) is -3.43. The molecule has 1 heterocycles. The highest BCUT2D eigenvalue weighted by Crippen LogP contribution is 2.22. The van der Waals surface area contributed by atoms with Crippen LogP contribution in [0.4, 0.5) is 0 Å². The lowest BCUT2D eigenvalue weighted by molar-refractivity contribution is 0.582. The lowest BCUT2D eigenvalue weighted by Crippen LogP contribution is -2.41. The number of nitrogens with zero attached hydrogens (tertiary/aromatic N) is 1. The number of guanidine groups is 1. The van der Waals surface area contributed by atoms with Crippen LogP contribution in [-0.2, 0) is 16.6 Å². The topological polar surface area (TPSA) is 82.6 Å². The number of thiophene rings is 1. The van der Waals surface area contributed by atoms with Crippen LogP contribution >= 0.6 is 47.1 Å². The molecule has 6 nitrogen and oxygen atoms in total. The molecule has 1 aromatic heterocycles. The molecule has 2 rings (SSSR count). The number of halogens is 1. The van der Waals surface area contributed by atoms with Gasteiger partial charge in [-0.3, -0.25) is 0 Å². The molecule has 0 spiro atoms. The van der Waals surface area contributed by atoms with Crippen LogP contribution in [0.1, 0.15) is 18.1 Å². The van der Waals surface area contributed by atoms with E-state index in [9.17, 15) is 8.42 Å². The molecule has 3 N–H and O–H groups in total. The second kappa shape index (κ2) is 12.7. The molecule has 0 amide bonds. The van der Waals surface area contributed by atoms with Gasteiger partial charge in [0.05, 0.1) is 6.54 Å². The fraction of sp³-hybridized carbons (Fsp3) is 0.389. The first kappa shape index (κ1) is 25.2. The van der Waals surface area contributed by atoms with Gasteiger partial charge in [0.1, 0.15) is 4.21 Å². The molecule has 0 aliphatic heterocycles. The molecule has 156 valence electrons. The zero-order chi connectivity index (χ0) is 19.7. The molecule has 0 saturated heterocycles. The Morgan fingerprint density at radius 3 is 2.64 bits per heavy atom. The molecule has 0 aliphatic rings. The van der Waals surface area contributed by atoms with Gasteiger partial charge in [0.15, 0.2) is 5.96 Å². The smallest absolute Gasteiger partial charge is 0.250 e. The highest BCUT2D eigenvalue weighted by molar-refractivity contribution is 14.0. The third kappa shape index (κ3) is 7.90. The van der Waals surface area contributed by atoms with Gasteiger partial charge in [0, 0.05) is 24.5 Å². The Bertz CT molecular complexity index is 856. The quantitative estimate of drug-likeness (QED) is 0.146. The number of thioether (sulfide) groups is 1. The highest BCUT2D eigenvalue weighted by Gasteiger charge is 2.13. The van der Waals surface area contributed by atoms with Gasteiger partial charge in [-0.15, -0.1) is 47.1 Å². The zero-order valence-electron chi connectivity index (χ0n) is 16.2. The standard InChI is InChI=1S/C18H26N4O2S3.HI/c1-4-19-18(21-13-15-8-7-14(2)12-16(15)25-3)20-9-10-22-27(23,24)17-6-5-11-26-17;/h5-8,11-12,22H,4,9-10,13H2,1-3H3,(H2,19,20,21);1H. The predicted octanol–water partition coefficient (Wildman–Crippen LogP) is 3.43. The van der Waals surface area contributed by atoms with Crippen molar-refractivity contribution in [1.29, 1.82) is 0 Å². The summed E-state index contributed by atoms with van der Waals surface area (Å²) in [5.41, 5.74) is 2.40. The molecule has 0 unspecified atom stereocenters. The van der Waals surface area contributed by atoms with Gasteiger partial charge < -0.3 is 10.6 Å². The molecule has 0 saturated carbocycles. The van der Waals surface area contributed by atoms with Crippen LogP contribution in [0.15, 0.2) is 49.8 Å². The molecule has 10 heteroatoms. The second-order valence-electron chi connectivity index (χ2n) is 5.77. The summed E-state index contributed by atoms with van der Waals surface area (Å²) in [6, 6.07) is 9.67. The lowest BCUT2D eigenvalue weighted by Gasteiger charge is -2.12. The average Bonchev–Trinajstić information content (AvgIpc) is 3.19. The van der Waals surface area contributed by atoms with Crippen LogP contribution in [-0.4, -0.2) is 40.3 Å². The fourth-order valence-electron chi connectivity index (χ4n) is 2.34. The van der Waals surface area contributed by atoms with E-state index in [1.165, 1.54) is 27.4 Å². The second-order valence-corrected chi connectivity index (χ2v) is 9.56. The molecule has 0 radical (unpaired) electrons. The first-order valence-electron chi connectivity index (χ1n) is 8.65. The van der Waals surface area contributed by atoms with E-state index in [0.717, 1.165) is 6.54 Å². The maximum absolute atomic E-state index is 12.1. The van der Waals surface area contributed by atoms with E-state index in [1.54, 1.807) is 29.3 Å². The minimum absolute atomic E-state index is 0. The molecule has 1 aromatic carbocycles. The monoisotopic (exact) mass is 554 g/mol. The van der Waals surface area contributed by atoms with Gasteiger partial charge in [0.25, 0.3) is 0 Å². The van der Waals surface area contributed by atoms with Crippen LogP contribution < -0.4 is 15.4 Å². The van der Waals surface area contributed by atoms with E-state index < -0.39 is 10.0 Å². The van der Waals surface area contributed by atoms with Crippen LogP contribution in [0.3, 0.4) is 0 Å². The van der Waals surface area contributed by atoms with Crippen molar-refractivity contribution in [2.24, 2.45) is 4.99 Å². The molecule has 28 heavy (non-hydrogen) atoms. The number of rotatable bonds is 9. The van der Waals surface area contributed by atoms with E-state index in [-0.39, 0.29) is 30.5 Å². The highest BCUT2D eigenvalue weighted by atomic mass is 127. The fourth-order valence-corrected chi connectivity index (χ4v) is 5.11. The van der Waals surface area contributed by atoms with Crippen LogP contribution in [0.2, 0.25) is 0 Å². The summed E-state index contributed by atoms with van der Waals surface area (Å²) >= 11 is 2.92. The first-order valence-corrected chi connectivity index (χ1v) is 12.2. The van der Waals surface area contributed by atoms with Crippen LogP contribution in [0, 0.1) is 6.92 Å². The van der Waals surface area contributed by atoms with Crippen LogP contribution in [0.5, 0.6) is 0 Å². The SMILES string of the molecule is CCNC(=NCc1ccc(C)cc1SC)NCCNS(=O)(=O)c1cccs1.I. The van der Waals surface area contributed by atoms with Gasteiger partial charge in [-0.1, -0.05) is 18.2 Å². The number of hydrogen-bond acceptors (Lipinski definition) is 5. The Balaban J connectivity index is 0.00000392. The van der Waals surface area contributed by atoms with Crippen molar-refractivity contribution >= 4 is 63.1 Å². The van der Waals surface area contributed by atoms with E-state index in [4.69, 9.17) is 0 Å². The molecule has 0 atom stereocenters. The van der Waals surface area contributed by atoms with Crippen molar-refractivity contribution in [2.75, 3.05) is 25.9 Å². The number of aryl methyl sites for hydroxylation is 1. The molecular weight excluding hydrogens is 527 g/mol. The third-order valence-electron chi connectivity index (χ3n) is 3.66. The summed E-state index contributed by atoms with van der Waals surface area (Å²) in [5.74, 6) is 0.667. The van der Waals surface area contributed by atoms with Crippen molar-refractivity contribution in [1.82, 2.24) is 15.4 Å². The number of hydrogen-bond donors (Lipinski definition) is 3. The summed E-state index contributed by atoms with van der Waals surface area (Å²) in [6.07, 6.45) is 2.06. The zero-order valence-corrected chi connectivity index (χ0v) is 21.0. The predicted molar refractivity (Wildman–Crippen MR) is 131 cm³/mol. The van der Waals surface area contributed by atoms with E-state index in [2.05, 4.69) is 51.7 Å². The summed E-state index contributed by atoms with van der Waals surface area (Å²) in [6.45, 7) is 6.10. The molecule has 2 aromatic rings. The maximum atomic E-state index is 12.1.